The summed E-state index contributed by atoms with van der Waals surface area (Å²) < 4.78 is 30.0. The molecule has 0 bridgehead atoms. The second-order valence-electron chi connectivity index (χ2n) is 4.89. The molecule has 0 radical (unpaired) electrons. The number of aryl methyl sites for hydroxylation is 1. The fraction of sp³-hybridized carbons (Fsp3) is 0.500. The predicted octanol–water partition coefficient (Wildman–Crippen LogP) is 3.14. The van der Waals surface area contributed by atoms with Crippen LogP contribution in [0, 0.1) is 6.92 Å². The SMILES string of the molecule is Cc1cc([C@@H]2CCCN2C(=O)Nc2nnc(C(F)F)s2)no1. The Bertz CT molecular complexity index is 674. The lowest BCUT2D eigenvalue weighted by Crippen LogP contribution is -2.34. The van der Waals surface area contributed by atoms with E-state index in [-0.39, 0.29) is 11.2 Å². The van der Waals surface area contributed by atoms with Crippen molar-refractivity contribution in [3.63, 3.8) is 0 Å². The summed E-state index contributed by atoms with van der Waals surface area (Å²) in [4.78, 5) is 13.9. The number of alkyl halides is 2. The van der Waals surface area contributed by atoms with Gasteiger partial charge >= 0.3 is 6.03 Å². The molecule has 3 heterocycles. The van der Waals surface area contributed by atoms with Crippen LogP contribution in [0.1, 0.15) is 41.8 Å². The van der Waals surface area contributed by atoms with Crippen molar-refractivity contribution >= 4 is 22.5 Å². The van der Waals surface area contributed by atoms with Crippen LogP contribution in [0.2, 0.25) is 0 Å². The van der Waals surface area contributed by atoms with Gasteiger partial charge in [-0.05, 0) is 19.8 Å². The van der Waals surface area contributed by atoms with Crippen molar-refractivity contribution in [2.24, 2.45) is 0 Å². The van der Waals surface area contributed by atoms with Gasteiger partial charge in [0.05, 0.1) is 6.04 Å². The van der Waals surface area contributed by atoms with Crippen molar-refractivity contribution in [2.45, 2.75) is 32.2 Å². The Kier molecular flexibility index (Phi) is 4.01. The van der Waals surface area contributed by atoms with Crippen LogP contribution in [0.15, 0.2) is 10.6 Å². The summed E-state index contributed by atoms with van der Waals surface area (Å²) in [5.41, 5.74) is 0.690. The van der Waals surface area contributed by atoms with Crippen LogP contribution in [0.5, 0.6) is 0 Å². The quantitative estimate of drug-likeness (QED) is 0.935. The van der Waals surface area contributed by atoms with Crippen LogP contribution in [0.3, 0.4) is 0 Å². The third-order valence-corrected chi connectivity index (χ3v) is 4.19. The van der Waals surface area contributed by atoms with Gasteiger partial charge in [-0.15, -0.1) is 10.2 Å². The highest BCUT2D eigenvalue weighted by molar-refractivity contribution is 7.15. The largest absolute Gasteiger partial charge is 0.361 e. The summed E-state index contributed by atoms with van der Waals surface area (Å²) in [6.45, 7) is 2.34. The van der Waals surface area contributed by atoms with Crippen molar-refractivity contribution in [3.05, 3.63) is 22.5 Å². The van der Waals surface area contributed by atoms with E-state index in [4.69, 9.17) is 4.52 Å². The van der Waals surface area contributed by atoms with Crippen LogP contribution in [0.4, 0.5) is 18.7 Å². The highest BCUT2D eigenvalue weighted by Crippen LogP contribution is 2.32. The molecule has 22 heavy (non-hydrogen) atoms. The average molecular weight is 329 g/mol. The third kappa shape index (κ3) is 2.91. The zero-order valence-corrected chi connectivity index (χ0v) is 12.4. The van der Waals surface area contributed by atoms with Gasteiger partial charge in [0, 0.05) is 12.6 Å². The molecule has 1 N–H and O–H groups in total. The Morgan fingerprint density at radius 2 is 2.36 bits per heavy atom. The number of hydrogen-bond donors (Lipinski definition) is 1. The molecule has 10 heteroatoms. The normalized spacial score (nSPS) is 18.2. The van der Waals surface area contributed by atoms with E-state index in [9.17, 15) is 13.6 Å². The van der Waals surface area contributed by atoms with Gasteiger partial charge in [-0.3, -0.25) is 5.32 Å². The Balaban J connectivity index is 1.70. The van der Waals surface area contributed by atoms with Gasteiger partial charge < -0.3 is 9.42 Å². The number of aromatic nitrogens is 3. The molecular weight excluding hydrogens is 316 g/mol. The molecule has 1 atom stereocenters. The van der Waals surface area contributed by atoms with Crippen molar-refractivity contribution in [3.8, 4) is 0 Å². The van der Waals surface area contributed by atoms with Gasteiger partial charge in [-0.1, -0.05) is 16.5 Å². The fourth-order valence-corrected chi connectivity index (χ4v) is 2.99. The van der Waals surface area contributed by atoms with Crippen molar-refractivity contribution < 1.29 is 18.1 Å². The highest BCUT2D eigenvalue weighted by Gasteiger charge is 2.32. The number of anilines is 1. The Labute approximate surface area is 128 Å². The first-order valence-electron chi connectivity index (χ1n) is 6.67. The average Bonchev–Trinajstić information content (AvgIpc) is 3.16. The molecule has 118 valence electrons. The number of likely N-dealkylation sites (tertiary alicyclic amines) is 1. The molecule has 1 saturated heterocycles. The standard InChI is InChI=1S/C12H13F2N5O2S/c1-6-5-7(18-21-6)8-3-2-4-19(8)12(20)15-11-17-16-10(22-11)9(13)14/h5,8-9H,2-4H2,1H3,(H,15,17,20)/t8-/m0/s1. The smallest absolute Gasteiger partial charge is 0.324 e. The van der Waals surface area contributed by atoms with E-state index in [1.54, 1.807) is 17.9 Å². The summed E-state index contributed by atoms with van der Waals surface area (Å²) in [5, 5.41) is 13.0. The van der Waals surface area contributed by atoms with Crippen LogP contribution in [-0.2, 0) is 0 Å². The lowest BCUT2D eigenvalue weighted by molar-refractivity contribution is 0.150. The fourth-order valence-electron chi connectivity index (χ4n) is 2.40. The maximum absolute atomic E-state index is 12.5. The molecule has 0 aromatic carbocycles. The van der Waals surface area contributed by atoms with E-state index in [1.165, 1.54) is 0 Å². The number of carbonyl (C=O) groups is 1. The summed E-state index contributed by atoms with van der Waals surface area (Å²) in [6, 6.07) is 1.20. The van der Waals surface area contributed by atoms with Gasteiger partial charge in [0.15, 0.2) is 5.01 Å². The van der Waals surface area contributed by atoms with Crippen LogP contribution < -0.4 is 5.32 Å². The number of urea groups is 1. The van der Waals surface area contributed by atoms with Gasteiger partial charge in [0.25, 0.3) is 6.43 Å². The summed E-state index contributed by atoms with van der Waals surface area (Å²) in [7, 11) is 0. The lowest BCUT2D eigenvalue weighted by Gasteiger charge is -2.22. The molecule has 2 aromatic rings. The van der Waals surface area contributed by atoms with Crippen LogP contribution in [-0.4, -0.2) is 32.8 Å². The number of nitrogens with one attached hydrogen (secondary N) is 1. The zero-order chi connectivity index (χ0) is 15.7. The minimum Gasteiger partial charge on any atom is -0.361 e. The summed E-state index contributed by atoms with van der Waals surface area (Å²) in [6.07, 6.45) is -1.08. The molecule has 0 spiro atoms. The Morgan fingerprint density at radius 3 is 3.00 bits per heavy atom. The molecule has 0 saturated carbocycles. The third-order valence-electron chi connectivity index (χ3n) is 3.34. The molecule has 1 fully saturated rings. The van der Waals surface area contributed by atoms with Crippen LogP contribution in [0.25, 0.3) is 0 Å². The summed E-state index contributed by atoms with van der Waals surface area (Å²) >= 11 is 0.664. The lowest BCUT2D eigenvalue weighted by atomic mass is 10.1. The van der Waals surface area contributed by atoms with E-state index in [2.05, 4.69) is 20.7 Å². The molecule has 3 rings (SSSR count). The number of rotatable bonds is 3. The number of hydrogen-bond acceptors (Lipinski definition) is 6. The minimum atomic E-state index is -2.69. The molecule has 7 nitrogen and oxygen atoms in total. The van der Waals surface area contributed by atoms with Gasteiger partial charge in [-0.25, -0.2) is 13.6 Å². The van der Waals surface area contributed by atoms with E-state index < -0.39 is 17.5 Å². The number of amides is 2. The molecule has 0 aliphatic carbocycles. The van der Waals surface area contributed by atoms with Crippen molar-refractivity contribution in [1.82, 2.24) is 20.3 Å². The molecule has 2 amide bonds. The minimum absolute atomic E-state index is 0.0577. The molecule has 1 aliphatic rings. The van der Waals surface area contributed by atoms with E-state index in [0.29, 0.717) is 29.3 Å². The molecular formula is C12H13F2N5O2S. The number of nitrogens with zero attached hydrogens (tertiary/aromatic N) is 4. The molecule has 1 aliphatic heterocycles. The highest BCUT2D eigenvalue weighted by atomic mass is 32.1. The topological polar surface area (TPSA) is 84.2 Å². The van der Waals surface area contributed by atoms with E-state index >= 15 is 0 Å². The maximum atomic E-state index is 12.5. The second-order valence-corrected chi connectivity index (χ2v) is 5.90. The van der Waals surface area contributed by atoms with Crippen molar-refractivity contribution in [2.75, 3.05) is 11.9 Å². The monoisotopic (exact) mass is 329 g/mol. The van der Waals surface area contributed by atoms with Gasteiger partial charge in [-0.2, -0.15) is 0 Å². The van der Waals surface area contributed by atoms with Crippen molar-refractivity contribution in [1.29, 1.82) is 0 Å². The Morgan fingerprint density at radius 1 is 1.55 bits per heavy atom. The molecule has 0 unspecified atom stereocenters. The van der Waals surface area contributed by atoms with E-state index in [0.717, 1.165) is 12.8 Å². The number of halogens is 2. The number of carbonyl (C=O) groups excluding carboxylic acids is 1. The maximum Gasteiger partial charge on any atom is 0.324 e. The van der Waals surface area contributed by atoms with Gasteiger partial charge in [0.1, 0.15) is 11.5 Å². The zero-order valence-electron chi connectivity index (χ0n) is 11.6. The van der Waals surface area contributed by atoms with E-state index in [1.807, 2.05) is 0 Å². The molecule has 2 aromatic heterocycles. The first-order valence-corrected chi connectivity index (χ1v) is 7.48. The first-order chi connectivity index (χ1) is 10.5. The van der Waals surface area contributed by atoms with Crippen LogP contribution >= 0.6 is 11.3 Å². The first kappa shape index (κ1) is 14.8. The predicted molar refractivity (Wildman–Crippen MR) is 73.8 cm³/mol. The van der Waals surface area contributed by atoms with Gasteiger partial charge in [0.2, 0.25) is 5.13 Å². The summed E-state index contributed by atoms with van der Waals surface area (Å²) in [5.74, 6) is 0.674. The second kappa shape index (κ2) is 5.95. The Hall–Kier alpha value is -2.10.